The van der Waals surface area contributed by atoms with E-state index in [1.165, 1.54) is 6.07 Å². The third kappa shape index (κ3) is 10.2. The number of rotatable bonds is 14. The van der Waals surface area contributed by atoms with E-state index in [1.807, 2.05) is 0 Å². The topological polar surface area (TPSA) is 425 Å². The molecular formula is C43H48O26. The molecule has 15 atom stereocenters. The third-order valence-electron chi connectivity index (χ3n) is 11.4. The van der Waals surface area contributed by atoms with Gasteiger partial charge >= 0.3 is 5.97 Å². The van der Waals surface area contributed by atoms with Crippen molar-refractivity contribution in [1.29, 1.82) is 0 Å². The number of phenolic OH excluding ortho intramolecular Hbond substituents is 6. The zero-order valence-electron chi connectivity index (χ0n) is 35.7. The molecule has 3 aliphatic rings. The van der Waals surface area contributed by atoms with Crippen LogP contribution in [-0.4, -0.2) is 202 Å². The predicted octanol–water partition coefficient (Wildman–Crippen LogP) is -3.21. The monoisotopic (exact) mass is 980 g/mol. The Morgan fingerprint density at radius 1 is 0.638 bits per heavy atom. The van der Waals surface area contributed by atoms with Gasteiger partial charge in [-0.2, -0.15) is 0 Å². The van der Waals surface area contributed by atoms with E-state index in [9.17, 15) is 86.2 Å². The van der Waals surface area contributed by atoms with Crippen molar-refractivity contribution in [3.63, 3.8) is 0 Å². The van der Waals surface area contributed by atoms with Gasteiger partial charge in [0.15, 0.2) is 58.9 Å². The summed E-state index contributed by atoms with van der Waals surface area (Å²) in [7, 11) is 1.07. The second-order valence-corrected chi connectivity index (χ2v) is 15.9. The lowest BCUT2D eigenvalue weighted by Gasteiger charge is -2.47. The van der Waals surface area contributed by atoms with Gasteiger partial charge in [-0.05, 0) is 42.0 Å². The molecule has 3 saturated heterocycles. The highest BCUT2D eigenvalue weighted by atomic mass is 16.8. The molecule has 0 amide bonds. The molecule has 376 valence electrons. The number of fused-ring (bicyclic) bond motifs is 1. The first kappa shape index (κ1) is 50.8. The van der Waals surface area contributed by atoms with E-state index >= 15 is 0 Å². The highest BCUT2D eigenvalue weighted by Gasteiger charge is 2.54. The number of ether oxygens (including phenoxy) is 8. The van der Waals surface area contributed by atoms with Crippen LogP contribution in [0.3, 0.4) is 0 Å². The molecule has 0 spiro atoms. The maximum absolute atomic E-state index is 14.2. The van der Waals surface area contributed by atoms with Crippen LogP contribution in [0, 0.1) is 0 Å². The number of carbonyl (C=O) groups excluding carboxylic acids is 1. The van der Waals surface area contributed by atoms with Gasteiger partial charge < -0.3 is 119 Å². The van der Waals surface area contributed by atoms with E-state index in [1.54, 1.807) is 0 Å². The Kier molecular flexibility index (Phi) is 15.4. The molecule has 3 fully saturated rings. The lowest BCUT2D eigenvalue weighted by molar-refractivity contribution is -0.364. The summed E-state index contributed by atoms with van der Waals surface area (Å²) in [4.78, 5) is 27.6. The first-order valence-electron chi connectivity index (χ1n) is 20.7. The number of phenols is 6. The van der Waals surface area contributed by atoms with Crippen molar-refractivity contribution in [3.8, 4) is 57.3 Å². The lowest BCUT2D eigenvalue weighted by Crippen LogP contribution is -2.66. The zero-order chi connectivity index (χ0) is 50.2. The number of carbonyl (C=O) groups is 1. The van der Waals surface area contributed by atoms with Gasteiger partial charge in [-0.1, -0.05) is 6.07 Å². The second kappa shape index (κ2) is 20.9. The molecule has 26 nitrogen and oxygen atoms in total. The molecule has 3 aliphatic heterocycles. The van der Waals surface area contributed by atoms with Crippen LogP contribution < -0.4 is 14.9 Å². The molecule has 0 bridgehead atoms. The van der Waals surface area contributed by atoms with Crippen LogP contribution >= 0.6 is 0 Å². The summed E-state index contributed by atoms with van der Waals surface area (Å²) in [6.07, 6.45) is -27.4. The SMILES string of the molecule is COc1c(O)cc2oc(-c3ccc(O)c(O)c3)c(O[C@@H]3O[C@H](CO[C@@H]4O[C@H](CO)[C@@H](O)[C@H](O[C@@H]5O[C@H](CO)[C@@H](O)[C@H](O)[C@H]5O)[C@H]4OC(=O)/C=C/c4ccc(O)c(O)c4)[C@@H](O)[C@H](O)[C@H]3O)c(=O)c2c1O. The summed E-state index contributed by atoms with van der Waals surface area (Å²) in [5.41, 5.74) is -1.63. The van der Waals surface area contributed by atoms with E-state index < -0.39 is 186 Å². The van der Waals surface area contributed by atoms with Crippen LogP contribution in [0.4, 0.5) is 0 Å². The van der Waals surface area contributed by atoms with Gasteiger partial charge in [0.2, 0.25) is 23.2 Å². The average Bonchev–Trinajstić information content (AvgIpc) is 3.32. The minimum absolute atomic E-state index is 0.160. The zero-order valence-corrected chi connectivity index (χ0v) is 35.7. The number of benzene rings is 3. The second-order valence-electron chi connectivity index (χ2n) is 15.9. The van der Waals surface area contributed by atoms with Gasteiger partial charge in [-0.25, -0.2) is 4.79 Å². The van der Waals surface area contributed by atoms with Crippen molar-refractivity contribution in [2.45, 2.75) is 92.1 Å². The van der Waals surface area contributed by atoms with Crippen molar-refractivity contribution in [3.05, 3.63) is 64.3 Å². The Hall–Kier alpha value is -6.08. The molecule has 0 aliphatic carbocycles. The molecule has 0 unspecified atom stereocenters. The molecule has 0 radical (unpaired) electrons. The fourth-order valence-corrected chi connectivity index (χ4v) is 7.68. The maximum Gasteiger partial charge on any atom is 0.331 e. The first-order chi connectivity index (χ1) is 32.8. The maximum atomic E-state index is 14.2. The Labute approximate surface area is 386 Å². The highest BCUT2D eigenvalue weighted by Crippen LogP contribution is 2.45. The lowest BCUT2D eigenvalue weighted by atomic mass is 9.96. The Bertz CT molecular complexity index is 2560. The van der Waals surface area contributed by atoms with Gasteiger partial charge in [0.05, 0.1) is 26.9 Å². The minimum atomic E-state index is -2.19. The summed E-state index contributed by atoms with van der Waals surface area (Å²) >= 11 is 0. The summed E-state index contributed by atoms with van der Waals surface area (Å²) in [6, 6.07) is 7.55. The molecule has 15 N–H and O–H groups in total. The molecule has 4 aromatic rings. The Morgan fingerprint density at radius 3 is 1.87 bits per heavy atom. The molecular weight excluding hydrogens is 932 g/mol. The third-order valence-corrected chi connectivity index (χ3v) is 11.4. The summed E-state index contributed by atoms with van der Waals surface area (Å²) in [5.74, 6) is -7.09. The number of aliphatic hydroxyl groups excluding tert-OH is 9. The van der Waals surface area contributed by atoms with Crippen LogP contribution in [0.15, 0.2) is 57.8 Å². The standard InChI is InChI=1S/C43H48O26/c1-61-37-20(50)10-21-26(30(37)55)31(56)39(36(63-21)15-4-6-17(47)19(49)9-15)69-42-35(60)33(58)28(53)24(66-42)13-62-43-40(67-25(51)7-3-14-2-5-16(46)18(48)8-14)38(29(54)23(12-45)65-43)68-41-34(59)32(57)27(52)22(11-44)64-41/h2-10,22-24,27-29,32-35,38,40-50,52-55,57-60H,11-13H2,1H3/b7-3+/t22-,23-,24-,27-,28-,29-,32+,33+,34-,35-,38+,40-,41+,42+,43-/m1/s1. The summed E-state index contributed by atoms with van der Waals surface area (Å²) in [5, 5.41) is 157. The smallest absolute Gasteiger partial charge is 0.331 e. The van der Waals surface area contributed by atoms with Crippen molar-refractivity contribution in [2.24, 2.45) is 0 Å². The fourth-order valence-electron chi connectivity index (χ4n) is 7.68. The summed E-state index contributed by atoms with van der Waals surface area (Å²) in [6.45, 7) is -2.82. The molecule has 1 aromatic heterocycles. The normalized spacial score (nSPS) is 31.7. The Balaban J connectivity index is 1.20. The van der Waals surface area contributed by atoms with Crippen LogP contribution in [0.2, 0.25) is 0 Å². The number of hydrogen-bond acceptors (Lipinski definition) is 26. The Morgan fingerprint density at radius 2 is 1.23 bits per heavy atom. The molecule has 3 aromatic carbocycles. The average molecular weight is 981 g/mol. The van der Waals surface area contributed by atoms with Crippen LogP contribution in [0.5, 0.6) is 46.0 Å². The van der Waals surface area contributed by atoms with E-state index in [4.69, 9.17) is 42.3 Å². The van der Waals surface area contributed by atoms with Gasteiger partial charge in [-0.3, -0.25) is 4.79 Å². The van der Waals surface area contributed by atoms with E-state index in [0.717, 1.165) is 55.7 Å². The van der Waals surface area contributed by atoms with Crippen LogP contribution in [0.25, 0.3) is 28.4 Å². The summed E-state index contributed by atoms with van der Waals surface area (Å²) < 4.78 is 50.9. The number of hydrogen-bond donors (Lipinski definition) is 15. The van der Waals surface area contributed by atoms with Crippen molar-refractivity contribution < 1.29 is 124 Å². The van der Waals surface area contributed by atoms with E-state index in [0.29, 0.717) is 0 Å². The molecule has 69 heavy (non-hydrogen) atoms. The molecule has 7 rings (SSSR count). The predicted molar refractivity (Wildman–Crippen MR) is 223 cm³/mol. The van der Waals surface area contributed by atoms with E-state index in [-0.39, 0.29) is 11.1 Å². The van der Waals surface area contributed by atoms with Crippen LogP contribution in [0.1, 0.15) is 5.56 Å². The van der Waals surface area contributed by atoms with Gasteiger partial charge in [-0.15, -0.1) is 0 Å². The number of methoxy groups -OCH3 is 1. The van der Waals surface area contributed by atoms with Gasteiger partial charge in [0.25, 0.3) is 0 Å². The molecule has 26 heteroatoms. The highest BCUT2D eigenvalue weighted by molar-refractivity contribution is 5.91. The quantitative estimate of drug-likeness (QED) is 0.0336. The van der Waals surface area contributed by atoms with E-state index in [2.05, 4.69) is 0 Å². The van der Waals surface area contributed by atoms with Gasteiger partial charge in [0.1, 0.15) is 78.1 Å². The first-order valence-corrected chi connectivity index (χ1v) is 20.7. The van der Waals surface area contributed by atoms with Crippen molar-refractivity contribution in [1.82, 2.24) is 0 Å². The minimum Gasteiger partial charge on any atom is -0.504 e. The molecule has 4 heterocycles. The van der Waals surface area contributed by atoms with Crippen molar-refractivity contribution >= 4 is 23.0 Å². The number of esters is 1. The van der Waals surface area contributed by atoms with Crippen molar-refractivity contribution in [2.75, 3.05) is 26.9 Å². The largest absolute Gasteiger partial charge is 0.504 e. The fraction of sp³-hybridized carbons (Fsp3) is 0.442. The molecule has 0 saturated carbocycles. The number of aliphatic hydroxyl groups is 9. The van der Waals surface area contributed by atoms with Crippen LogP contribution in [-0.2, 0) is 33.2 Å². The van der Waals surface area contributed by atoms with Gasteiger partial charge in [0, 0.05) is 17.7 Å². The number of aromatic hydroxyl groups is 6.